The molecule has 1 aromatic carbocycles. The van der Waals surface area contributed by atoms with Crippen molar-refractivity contribution >= 4 is 21.6 Å². The summed E-state index contributed by atoms with van der Waals surface area (Å²) in [6.45, 7) is 10.1. The molecule has 0 aromatic heterocycles. The van der Waals surface area contributed by atoms with E-state index in [9.17, 15) is 13.2 Å². The summed E-state index contributed by atoms with van der Waals surface area (Å²) in [5.41, 5.74) is 1.42. The summed E-state index contributed by atoms with van der Waals surface area (Å²) in [4.78, 5) is 20.5. The van der Waals surface area contributed by atoms with Crippen molar-refractivity contribution in [2.24, 2.45) is 0 Å². The number of benzene rings is 1. The highest BCUT2D eigenvalue weighted by Crippen LogP contribution is 2.31. The van der Waals surface area contributed by atoms with E-state index in [4.69, 9.17) is 0 Å². The number of likely N-dealkylation sites (tertiary alicyclic amines) is 2. The Kier molecular flexibility index (Phi) is 6.89. The molecule has 0 spiro atoms. The Labute approximate surface area is 187 Å². The Morgan fingerprint density at radius 1 is 1.00 bits per heavy atom. The van der Waals surface area contributed by atoms with E-state index >= 15 is 0 Å². The third kappa shape index (κ3) is 4.47. The van der Waals surface area contributed by atoms with E-state index in [0.717, 1.165) is 64.2 Å². The lowest BCUT2D eigenvalue weighted by atomic mass is 10.1. The third-order valence-electron chi connectivity index (χ3n) is 7.10. The molecule has 0 radical (unpaired) electrons. The quantitative estimate of drug-likeness (QED) is 0.642. The topological polar surface area (TPSA) is 64.2 Å². The lowest BCUT2D eigenvalue weighted by Gasteiger charge is -2.26. The molecule has 1 aromatic rings. The second kappa shape index (κ2) is 9.46. The van der Waals surface area contributed by atoms with Gasteiger partial charge in [0.05, 0.1) is 10.5 Å². The van der Waals surface area contributed by atoms with Gasteiger partial charge in [0.1, 0.15) is 0 Å². The maximum atomic E-state index is 13.6. The molecule has 3 saturated heterocycles. The van der Waals surface area contributed by atoms with Gasteiger partial charge in [-0.1, -0.05) is 13.8 Å². The van der Waals surface area contributed by atoms with Gasteiger partial charge in [0.2, 0.25) is 10.0 Å². The van der Waals surface area contributed by atoms with Crippen molar-refractivity contribution in [3.05, 3.63) is 23.8 Å². The van der Waals surface area contributed by atoms with Gasteiger partial charge in [0.15, 0.2) is 0 Å². The van der Waals surface area contributed by atoms with Crippen LogP contribution in [0.15, 0.2) is 23.1 Å². The molecule has 172 valence electrons. The van der Waals surface area contributed by atoms with Crippen LogP contribution in [-0.4, -0.2) is 86.8 Å². The van der Waals surface area contributed by atoms with Crippen LogP contribution < -0.4 is 4.90 Å². The number of hydrogen-bond acceptors (Lipinski definition) is 5. The van der Waals surface area contributed by atoms with Gasteiger partial charge in [-0.3, -0.25) is 9.69 Å². The summed E-state index contributed by atoms with van der Waals surface area (Å²) in [6.07, 6.45) is 5.70. The lowest BCUT2D eigenvalue weighted by molar-refractivity contribution is 0.0780. The summed E-state index contributed by atoms with van der Waals surface area (Å²) in [5.74, 6) is -0.0276. The van der Waals surface area contributed by atoms with E-state index in [1.165, 1.54) is 17.1 Å². The predicted octanol–water partition coefficient (Wildman–Crippen LogP) is 2.63. The monoisotopic (exact) mass is 448 g/mol. The largest absolute Gasteiger partial charge is 0.371 e. The van der Waals surface area contributed by atoms with Crippen LogP contribution in [0, 0.1) is 0 Å². The fourth-order valence-corrected chi connectivity index (χ4v) is 6.78. The maximum absolute atomic E-state index is 13.6. The average molecular weight is 449 g/mol. The van der Waals surface area contributed by atoms with Crippen molar-refractivity contribution < 1.29 is 13.2 Å². The van der Waals surface area contributed by atoms with Gasteiger partial charge in [0.25, 0.3) is 5.91 Å². The molecule has 3 fully saturated rings. The first-order valence-corrected chi connectivity index (χ1v) is 13.3. The molecule has 1 atom stereocenters. The summed E-state index contributed by atoms with van der Waals surface area (Å²) in [7, 11) is -3.61. The smallest absolute Gasteiger partial charge is 0.256 e. The first-order chi connectivity index (χ1) is 15.0. The maximum Gasteiger partial charge on any atom is 0.256 e. The second-order valence-corrected chi connectivity index (χ2v) is 10.8. The molecule has 0 N–H and O–H groups in total. The van der Waals surface area contributed by atoms with Crippen molar-refractivity contribution in [3.8, 4) is 0 Å². The van der Waals surface area contributed by atoms with E-state index in [-0.39, 0.29) is 10.8 Å². The van der Waals surface area contributed by atoms with Crippen LogP contribution in [0.2, 0.25) is 0 Å². The van der Waals surface area contributed by atoms with Gasteiger partial charge in [-0.25, -0.2) is 8.42 Å². The summed E-state index contributed by atoms with van der Waals surface area (Å²) >= 11 is 0. The fraction of sp³-hybridized carbons (Fsp3) is 0.696. The van der Waals surface area contributed by atoms with Gasteiger partial charge < -0.3 is 9.80 Å². The van der Waals surface area contributed by atoms with E-state index in [1.54, 1.807) is 12.1 Å². The molecule has 1 unspecified atom stereocenters. The number of rotatable bonds is 7. The highest BCUT2D eigenvalue weighted by atomic mass is 32.2. The Morgan fingerprint density at radius 3 is 2.29 bits per heavy atom. The molecule has 3 aliphatic heterocycles. The third-order valence-corrected chi connectivity index (χ3v) is 9.14. The van der Waals surface area contributed by atoms with E-state index in [2.05, 4.69) is 9.80 Å². The zero-order valence-corrected chi connectivity index (χ0v) is 19.7. The number of carbonyl (C=O) groups is 1. The average Bonchev–Trinajstić information content (AvgIpc) is 3.55. The zero-order valence-electron chi connectivity index (χ0n) is 18.9. The first kappa shape index (κ1) is 22.6. The Bertz CT molecular complexity index is 888. The van der Waals surface area contributed by atoms with Gasteiger partial charge in [-0.05, 0) is 63.4 Å². The number of nitrogens with zero attached hydrogens (tertiary/aromatic N) is 4. The molecule has 3 aliphatic rings. The Morgan fingerprint density at radius 2 is 1.65 bits per heavy atom. The van der Waals surface area contributed by atoms with Crippen molar-refractivity contribution in [2.75, 3.05) is 57.3 Å². The van der Waals surface area contributed by atoms with Crippen LogP contribution in [0.3, 0.4) is 0 Å². The van der Waals surface area contributed by atoms with E-state index in [0.29, 0.717) is 24.7 Å². The van der Waals surface area contributed by atoms with Gasteiger partial charge in [-0.2, -0.15) is 4.31 Å². The Balaban J connectivity index is 1.64. The molecule has 0 saturated carbocycles. The summed E-state index contributed by atoms with van der Waals surface area (Å²) < 4.78 is 27.7. The zero-order chi connectivity index (χ0) is 22.0. The summed E-state index contributed by atoms with van der Waals surface area (Å²) in [5, 5.41) is 0. The standard InChI is InChI=1S/C23H36N4O3S/c1-3-27(4-2)31(29,30)20-9-10-22(25-14-7-8-15-25)21(17-20)23(28)26-16-11-19(18-26)24-12-5-6-13-24/h9-10,17,19H,3-8,11-16,18H2,1-2H3. The minimum atomic E-state index is -3.61. The van der Waals surface area contributed by atoms with Crippen molar-refractivity contribution in [1.29, 1.82) is 0 Å². The SMILES string of the molecule is CCN(CC)S(=O)(=O)c1ccc(N2CCCC2)c(C(=O)N2CCC(N3CCCC3)C2)c1. The molecular weight excluding hydrogens is 412 g/mol. The normalized spacial score (nSPS) is 22.7. The number of hydrogen-bond donors (Lipinski definition) is 0. The molecule has 0 aliphatic carbocycles. The second-order valence-electron chi connectivity index (χ2n) is 8.90. The van der Waals surface area contributed by atoms with Crippen molar-refractivity contribution in [1.82, 2.24) is 14.1 Å². The minimum Gasteiger partial charge on any atom is -0.371 e. The molecule has 4 rings (SSSR count). The number of sulfonamides is 1. The highest BCUT2D eigenvalue weighted by molar-refractivity contribution is 7.89. The first-order valence-electron chi connectivity index (χ1n) is 11.9. The van der Waals surface area contributed by atoms with Gasteiger partial charge in [0, 0.05) is 51.0 Å². The van der Waals surface area contributed by atoms with Crippen LogP contribution in [0.25, 0.3) is 0 Å². The van der Waals surface area contributed by atoms with Crippen LogP contribution in [0.5, 0.6) is 0 Å². The summed E-state index contributed by atoms with van der Waals surface area (Å²) in [6, 6.07) is 5.59. The lowest BCUT2D eigenvalue weighted by Crippen LogP contribution is -2.37. The van der Waals surface area contributed by atoms with E-state index in [1.807, 2.05) is 24.8 Å². The number of amides is 1. The fourth-order valence-electron chi connectivity index (χ4n) is 5.29. The highest BCUT2D eigenvalue weighted by Gasteiger charge is 2.34. The number of carbonyl (C=O) groups excluding carboxylic acids is 1. The van der Waals surface area contributed by atoms with Crippen LogP contribution >= 0.6 is 0 Å². The van der Waals surface area contributed by atoms with Crippen LogP contribution in [-0.2, 0) is 10.0 Å². The van der Waals surface area contributed by atoms with Crippen LogP contribution in [0.1, 0.15) is 56.3 Å². The number of anilines is 1. The predicted molar refractivity (Wildman–Crippen MR) is 123 cm³/mol. The van der Waals surface area contributed by atoms with Crippen molar-refractivity contribution in [3.63, 3.8) is 0 Å². The molecule has 1 amide bonds. The molecule has 7 nitrogen and oxygen atoms in total. The van der Waals surface area contributed by atoms with Crippen molar-refractivity contribution in [2.45, 2.75) is 56.9 Å². The molecule has 8 heteroatoms. The van der Waals surface area contributed by atoms with Gasteiger partial charge >= 0.3 is 0 Å². The Hall–Kier alpha value is -1.64. The minimum absolute atomic E-state index is 0.0276. The van der Waals surface area contributed by atoms with E-state index < -0.39 is 10.0 Å². The molecule has 3 heterocycles. The van der Waals surface area contributed by atoms with Crippen LogP contribution in [0.4, 0.5) is 5.69 Å². The molecule has 31 heavy (non-hydrogen) atoms. The molecule has 0 bridgehead atoms. The van der Waals surface area contributed by atoms with Gasteiger partial charge in [-0.15, -0.1) is 0 Å². The molecular formula is C23H36N4O3S.